The smallest absolute Gasteiger partial charge is 0.0762 e. The van der Waals surface area contributed by atoms with Gasteiger partial charge in [0.05, 0.1) is 11.4 Å². The molecule has 0 saturated heterocycles. The lowest BCUT2D eigenvalue weighted by atomic mass is 10.8. The summed E-state index contributed by atoms with van der Waals surface area (Å²) in [5.74, 6) is 1.88. The minimum absolute atomic E-state index is 1.23. The molecule has 1 heterocycles. The van der Waals surface area contributed by atoms with Gasteiger partial charge in [-0.05, 0) is 15.1 Å². The Kier molecular flexibility index (Phi) is 1.11. The molecule has 1 rings (SSSR count). The number of nitrogens with zero attached hydrogens (tertiary/aromatic N) is 2. The maximum absolute atomic E-state index is 3.98. The standard InChI is InChI=1S/C4H7N2P/c1-4-6(2)5-3-7-4/h3H,1-2H3. The molecule has 3 heteroatoms. The third-order valence-corrected chi connectivity index (χ3v) is 1.82. The molecule has 0 fully saturated rings. The molecule has 0 saturated carbocycles. The first-order chi connectivity index (χ1) is 3.30. The van der Waals surface area contributed by atoms with Crippen molar-refractivity contribution in [3.05, 3.63) is 11.4 Å². The molecule has 0 spiro atoms. The first kappa shape index (κ1) is 4.79. The second-order valence-corrected chi connectivity index (χ2v) is 2.57. The molecule has 1 aromatic rings. The lowest BCUT2D eigenvalue weighted by molar-refractivity contribution is 0.743. The molecule has 0 aliphatic carbocycles. The minimum Gasteiger partial charge on any atom is -0.268 e. The minimum atomic E-state index is 1.23. The van der Waals surface area contributed by atoms with Crippen molar-refractivity contribution in [2.75, 3.05) is 0 Å². The highest BCUT2D eigenvalue weighted by Crippen LogP contribution is 2.07. The van der Waals surface area contributed by atoms with Crippen LogP contribution in [-0.4, -0.2) is 9.78 Å². The van der Waals surface area contributed by atoms with Gasteiger partial charge in [0, 0.05) is 7.05 Å². The van der Waals surface area contributed by atoms with E-state index in [9.17, 15) is 0 Å². The summed E-state index contributed by atoms with van der Waals surface area (Å²) < 4.78 is 1.88. The van der Waals surface area contributed by atoms with Gasteiger partial charge in [-0.2, -0.15) is 5.10 Å². The van der Waals surface area contributed by atoms with E-state index in [2.05, 4.69) is 12.0 Å². The SMILES string of the molecule is Cc1pcnn1C. The molecular formula is C4H7N2P. The van der Waals surface area contributed by atoms with E-state index in [4.69, 9.17) is 0 Å². The Balaban J connectivity index is 3.12. The molecule has 0 unspecified atom stereocenters. The largest absolute Gasteiger partial charge is 0.268 e. The Morgan fingerprint density at radius 3 is 2.71 bits per heavy atom. The van der Waals surface area contributed by atoms with Crippen LogP contribution >= 0.6 is 8.19 Å². The summed E-state index contributed by atoms with van der Waals surface area (Å²) >= 11 is 0. The molecule has 0 aromatic carbocycles. The Morgan fingerprint density at radius 2 is 2.57 bits per heavy atom. The highest BCUT2D eigenvalue weighted by Gasteiger charge is 1.84. The molecule has 0 radical (unpaired) electrons. The zero-order valence-corrected chi connectivity index (χ0v) is 5.31. The van der Waals surface area contributed by atoms with Gasteiger partial charge < -0.3 is 0 Å². The van der Waals surface area contributed by atoms with Gasteiger partial charge >= 0.3 is 0 Å². The van der Waals surface area contributed by atoms with Gasteiger partial charge in [-0.25, -0.2) is 0 Å². The molecule has 1 aromatic heterocycles. The third kappa shape index (κ3) is 0.804. The average molecular weight is 114 g/mol. The first-order valence-electron chi connectivity index (χ1n) is 2.11. The van der Waals surface area contributed by atoms with E-state index in [1.54, 1.807) is 0 Å². The molecular weight excluding hydrogens is 107 g/mol. The molecule has 0 bridgehead atoms. The van der Waals surface area contributed by atoms with Crippen molar-refractivity contribution in [2.45, 2.75) is 6.92 Å². The van der Waals surface area contributed by atoms with Crippen LogP contribution < -0.4 is 0 Å². The van der Waals surface area contributed by atoms with Gasteiger partial charge in [-0.15, -0.1) is 0 Å². The van der Waals surface area contributed by atoms with E-state index in [0.29, 0.717) is 0 Å². The predicted octanol–water partition coefficient (Wildman–Crippen LogP) is 1.31. The Morgan fingerprint density at radius 1 is 1.86 bits per heavy atom. The number of aryl methyl sites for hydroxylation is 2. The quantitative estimate of drug-likeness (QED) is 0.497. The number of hydrogen-bond acceptors (Lipinski definition) is 1. The van der Waals surface area contributed by atoms with Crippen LogP contribution in [0.1, 0.15) is 5.43 Å². The van der Waals surface area contributed by atoms with Gasteiger partial charge in [0.2, 0.25) is 0 Å². The Hall–Kier alpha value is -0.360. The summed E-state index contributed by atoms with van der Waals surface area (Å²) in [6, 6.07) is 0. The fourth-order valence-electron chi connectivity index (χ4n) is 0.354. The van der Waals surface area contributed by atoms with Crippen molar-refractivity contribution in [1.29, 1.82) is 0 Å². The average Bonchev–Trinajstić information content (AvgIpc) is 1.91. The monoisotopic (exact) mass is 114 g/mol. The molecule has 0 aliphatic rings. The van der Waals surface area contributed by atoms with Gasteiger partial charge in [0.15, 0.2) is 0 Å². The zero-order valence-electron chi connectivity index (χ0n) is 4.42. The van der Waals surface area contributed by atoms with E-state index < -0.39 is 0 Å². The third-order valence-electron chi connectivity index (χ3n) is 0.938. The zero-order chi connectivity index (χ0) is 5.28. The molecule has 0 atom stereocenters. The van der Waals surface area contributed by atoms with Crippen molar-refractivity contribution < 1.29 is 0 Å². The van der Waals surface area contributed by atoms with Crippen molar-refractivity contribution in [3.63, 3.8) is 0 Å². The second-order valence-electron chi connectivity index (χ2n) is 1.43. The van der Waals surface area contributed by atoms with Crippen LogP contribution in [0.15, 0.2) is 5.93 Å². The van der Waals surface area contributed by atoms with E-state index in [0.717, 1.165) is 0 Å². The number of aromatic nitrogens is 2. The Bertz CT molecular complexity index is 142. The van der Waals surface area contributed by atoms with Crippen molar-refractivity contribution in [1.82, 2.24) is 9.78 Å². The lowest BCUT2D eigenvalue weighted by Gasteiger charge is -1.86. The van der Waals surface area contributed by atoms with Crippen LogP contribution in [0.3, 0.4) is 0 Å². The van der Waals surface area contributed by atoms with E-state index in [1.807, 2.05) is 17.7 Å². The van der Waals surface area contributed by atoms with Crippen molar-refractivity contribution in [3.8, 4) is 0 Å². The second kappa shape index (κ2) is 1.63. The first-order valence-corrected chi connectivity index (χ1v) is 3.07. The van der Waals surface area contributed by atoms with Crippen LogP contribution in [0.25, 0.3) is 0 Å². The van der Waals surface area contributed by atoms with Crippen molar-refractivity contribution in [2.24, 2.45) is 7.05 Å². The van der Waals surface area contributed by atoms with Gasteiger partial charge in [0.25, 0.3) is 0 Å². The highest BCUT2D eigenvalue weighted by molar-refractivity contribution is 7.29. The summed E-state index contributed by atoms with van der Waals surface area (Å²) in [5, 5.41) is 3.98. The van der Waals surface area contributed by atoms with Gasteiger partial charge in [-0.1, -0.05) is 0 Å². The Labute approximate surface area is 44.3 Å². The van der Waals surface area contributed by atoms with Crippen LogP contribution in [0.2, 0.25) is 0 Å². The summed E-state index contributed by atoms with van der Waals surface area (Å²) in [6.07, 6.45) is 0. The molecule has 38 valence electrons. The van der Waals surface area contributed by atoms with Crippen LogP contribution in [0.4, 0.5) is 0 Å². The molecule has 0 N–H and O–H groups in total. The maximum Gasteiger partial charge on any atom is 0.0762 e. The molecule has 0 aliphatic heterocycles. The molecule has 7 heavy (non-hydrogen) atoms. The van der Waals surface area contributed by atoms with Crippen LogP contribution in [0.5, 0.6) is 0 Å². The summed E-state index contributed by atoms with van der Waals surface area (Å²) in [7, 11) is 3.19. The van der Waals surface area contributed by atoms with Gasteiger partial charge in [-0.3, -0.25) is 4.68 Å². The summed E-state index contributed by atoms with van der Waals surface area (Å²) in [6.45, 7) is 2.06. The molecule has 0 amide bonds. The summed E-state index contributed by atoms with van der Waals surface area (Å²) in [4.78, 5) is 0. The van der Waals surface area contributed by atoms with Crippen LogP contribution in [-0.2, 0) is 7.05 Å². The van der Waals surface area contributed by atoms with Crippen LogP contribution in [0, 0.1) is 6.92 Å². The maximum atomic E-state index is 3.98. The van der Waals surface area contributed by atoms with Crippen molar-refractivity contribution >= 4 is 8.19 Å². The van der Waals surface area contributed by atoms with E-state index >= 15 is 0 Å². The highest BCUT2D eigenvalue weighted by atomic mass is 31.0. The molecule has 2 nitrogen and oxygen atoms in total. The van der Waals surface area contributed by atoms with E-state index in [1.165, 1.54) is 13.6 Å². The number of hydrogen-bond donors (Lipinski definition) is 0. The summed E-state index contributed by atoms with van der Waals surface area (Å²) in [5.41, 5.74) is 1.29. The fraction of sp³-hybridized carbons (Fsp3) is 0.500. The number of rotatable bonds is 0. The van der Waals surface area contributed by atoms with Gasteiger partial charge in [0.1, 0.15) is 0 Å². The topological polar surface area (TPSA) is 17.8 Å². The van der Waals surface area contributed by atoms with E-state index in [-0.39, 0.29) is 0 Å². The predicted molar refractivity (Wildman–Crippen MR) is 30.5 cm³/mol. The fourth-order valence-corrected chi connectivity index (χ4v) is 0.946. The lowest BCUT2D eigenvalue weighted by Crippen LogP contribution is -1.89. The normalized spacial score (nSPS) is 10.6.